The van der Waals surface area contributed by atoms with Crippen LogP contribution in [0.5, 0.6) is 11.5 Å². The van der Waals surface area contributed by atoms with Crippen molar-refractivity contribution < 1.29 is 14.3 Å². The Hall–Kier alpha value is -1.51. The van der Waals surface area contributed by atoms with Crippen LogP contribution in [0.1, 0.15) is 32.6 Å². The average molecular weight is 236 g/mol. The fraction of sp³-hybridized carbons (Fsp3) is 0.500. The molecule has 1 aromatic carbocycles. The van der Waals surface area contributed by atoms with Crippen LogP contribution in [0.4, 0.5) is 0 Å². The molecule has 0 aliphatic rings. The average Bonchev–Trinajstić information content (AvgIpc) is 2.36. The van der Waals surface area contributed by atoms with Gasteiger partial charge in [0.05, 0.1) is 13.7 Å². The largest absolute Gasteiger partial charge is 0.497 e. The first kappa shape index (κ1) is 13.6. The zero-order valence-electron chi connectivity index (χ0n) is 10.6. The molecule has 0 radical (unpaired) electrons. The Bertz CT molecular complexity index is 330. The van der Waals surface area contributed by atoms with Crippen molar-refractivity contribution in [3.63, 3.8) is 0 Å². The normalized spacial score (nSPS) is 10.0. The summed E-state index contributed by atoms with van der Waals surface area (Å²) < 4.78 is 10.6. The number of Topliss-reactive ketones (excluding diaryl/α,β-unsaturated/α-hetero) is 1. The van der Waals surface area contributed by atoms with Crippen molar-refractivity contribution in [3.8, 4) is 11.5 Å². The van der Waals surface area contributed by atoms with Crippen LogP contribution in [0.2, 0.25) is 0 Å². The van der Waals surface area contributed by atoms with Gasteiger partial charge < -0.3 is 9.47 Å². The Morgan fingerprint density at radius 2 is 1.76 bits per heavy atom. The van der Waals surface area contributed by atoms with Gasteiger partial charge in [0, 0.05) is 12.8 Å². The van der Waals surface area contributed by atoms with Gasteiger partial charge in [0.2, 0.25) is 0 Å². The van der Waals surface area contributed by atoms with E-state index in [-0.39, 0.29) is 0 Å². The first-order valence-electron chi connectivity index (χ1n) is 6.04. The minimum atomic E-state index is 0.325. The van der Waals surface area contributed by atoms with E-state index in [9.17, 15) is 4.79 Å². The molecule has 0 atom stereocenters. The molecule has 0 spiro atoms. The first-order valence-corrected chi connectivity index (χ1v) is 6.04. The van der Waals surface area contributed by atoms with Crippen LogP contribution >= 0.6 is 0 Å². The Morgan fingerprint density at radius 3 is 2.35 bits per heavy atom. The number of methoxy groups -OCH3 is 1. The molecule has 3 nitrogen and oxygen atoms in total. The molecule has 1 aromatic rings. The zero-order valence-corrected chi connectivity index (χ0v) is 10.6. The van der Waals surface area contributed by atoms with E-state index in [2.05, 4.69) is 0 Å². The number of ether oxygens (including phenoxy) is 2. The highest BCUT2D eigenvalue weighted by atomic mass is 16.5. The van der Waals surface area contributed by atoms with Gasteiger partial charge in [-0.1, -0.05) is 6.92 Å². The monoisotopic (exact) mass is 236 g/mol. The third kappa shape index (κ3) is 5.38. The van der Waals surface area contributed by atoms with Crippen molar-refractivity contribution in [1.29, 1.82) is 0 Å². The van der Waals surface area contributed by atoms with Gasteiger partial charge in [-0.05, 0) is 37.1 Å². The van der Waals surface area contributed by atoms with Crippen molar-refractivity contribution in [2.45, 2.75) is 32.6 Å². The van der Waals surface area contributed by atoms with E-state index in [4.69, 9.17) is 9.47 Å². The molecule has 0 saturated carbocycles. The van der Waals surface area contributed by atoms with Crippen LogP contribution < -0.4 is 9.47 Å². The van der Waals surface area contributed by atoms with E-state index in [0.717, 1.165) is 24.3 Å². The van der Waals surface area contributed by atoms with Gasteiger partial charge in [0.1, 0.15) is 17.3 Å². The summed E-state index contributed by atoms with van der Waals surface area (Å²) in [6.07, 6.45) is 3.01. The van der Waals surface area contributed by atoms with Crippen LogP contribution in [0.15, 0.2) is 24.3 Å². The third-order valence-corrected chi connectivity index (χ3v) is 2.46. The van der Waals surface area contributed by atoms with Crippen LogP contribution in [0, 0.1) is 0 Å². The van der Waals surface area contributed by atoms with Crippen LogP contribution in [-0.2, 0) is 4.79 Å². The fourth-order valence-electron chi connectivity index (χ4n) is 1.54. The maximum atomic E-state index is 11.3. The minimum Gasteiger partial charge on any atom is -0.497 e. The SMILES string of the molecule is CCCC(=O)CCCOc1ccc(OC)cc1. The molecule has 0 bridgehead atoms. The van der Waals surface area contributed by atoms with Crippen LogP contribution in [0.3, 0.4) is 0 Å². The maximum Gasteiger partial charge on any atom is 0.133 e. The van der Waals surface area contributed by atoms with Crippen molar-refractivity contribution in [2.75, 3.05) is 13.7 Å². The number of hydrogen-bond donors (Lipinski definition) is 0. The Balaban J connectivity index is 2.19. The molecule has 0 aliphatic carbocycles. The summed E-state index contributed by atoms with van der Waals surface area (Å²) in [5.74, 6) is 1.95. The molecule has 0 amide bonds. The van der Waals surface area contributed by atoms with Gasteiger partial charge in [-0.2, -0.15) is 0 Å². The number of carbonyl (C=O) groups excluding carboxylic acids is 1. The van der Waals surface area contributed by atoms with Crippen LogP contribution in [0.25, 0.3) is 0 Å². The number of carbonyl (C=O) groups is 1. The lowest BCUT2D eigenvalue weighted by Crippen LogP contribution is -2.02. The van der Waals surface area contributed by atoms with Gasteiger partial charge in [0.15, 0.2) is 0 Å². The number of ketones is 1. The second kappa shape index (κ2) is 7.71. The molecule has 0 unspecified atom stereocenters. The summed E-state index contributed by atoms with van der Waals surface area (Å²) >= 11 is 0. The second-order valence-corrected chi connectivity index (χ2v) is 3.92. The van der Waals surface area contributed by atoms with Gasteiger partial charge >= 0.3 is 0 Å². The molecule has 94 valence electrons. The van der Waals surface area contributed by atoms with Crippen LogP contribution in [-0.4, -0.2) is 19.5 Å². The quantitative estimate of drug-likeness (QED) is 0.650. The molecule has 17 heavy (non-hydrogen) atoms. The third-order valence-electron chi connectivity index (χ3n) is 2.46. The predicted octanol–water partition coefficient (Wildman–Crippen LogP) is 3.22. The summed E-state index contributed by atoms with van der Waals surface area (Å²) in [6, 6.07) is 7.45. The molecule has 0 heterocycles. The fourth-order valence-corrected chi connectivity index (χ4v) is 1.54. The van der Waals surface area contributed by atoms with Crippen molar-refractivity contribution in [2.24, 2.45) is 0 Å². The lowest BCUT2D eigenvalue weighted by Gasteiger charge is -2.06. The van der Waals surface area contributed by atoms with E-state index in [0.29, 0.717) is 25.2 Å². The van der Waals surface area contributed by atoms with E-state index < -0.39 is 0 Å². The summed E-state index contributed by atoms with van der Waals surface area (Å²) in [4.78, 5) is 11.3. The maximum absolute atomic E-state index is 11.3. The highest BCUT2D eigenvalue weighted by Gasteiger charge is 2.00. The van der Waals surface area contributed by atoms with Crippen molar-refractivity contribution in [1.82, 2.24) is 0 Å². The molecular formula is C14H20O3. The molecule has 1 rings (SSSR count). The van der Waals surface area contributed by atoms with E-state index >= 15 is 0 Å². The molecule has 0 aliphatic heterocycles. The second-order valence-electron chi connectivity index (χ2n) is 3.92. The first-order chi connectivity index (χ1) is 8.26. The topological polar surface area (TPSA) is 35.5 Å². The summed E-state index contributed by atoms with van der Waals surface area (Å²) in [5.41, 5.74) is 0. The molecule has 0 fully saturated rings. The van der Waals surface area contributed by atoms with E-state index in [1.807, 2.05) is 31.2 Å². The smallest absolute Gasteiger partial charge is 0.133 e. The Kier molecular flexibility index (Phi) is 6.15. The minimum absolute atomic E-state index is 0.325. The summed E-state index contributed by atoms with van der Waals surface area (Å²) in [5, 5.41) is 0. The molecule has 3 heteroatoms. The highest BCUT2D eigenvalue weighted by Crippen LogP contribution is 2.17. The van der Waals surface area contributed by atoms with Gasteiger partial charge in [-0.25, -0.2) is 0 Å². The zero-order chi connectivity index (χ0) is 12.5. The Morgan fingerprint density at radius 1 is 1.12 bits per heavy atom. The van der Waals surface area contributed by atoms with Gasteiger partial charge in [0.25, 0.3) is 0 Å². The number of rotatable bonds is 8. The lowest BCUT2D eigenvalue weighted by molar-refractivity contribution is -0.119. The standard InChI is InChI=1S/C14H20O3/c1-3-5-12(15)6-4-11-17-14-9-7-13(16-2)8-10-14/h7-10H,3-6,11H2,1-2H3. The lowest BCUT2D eigenvalue weighted by atomic mass is 10.1. The molecule has 0 aromatic heterocycles. The van der Waals surface area contributed by atoms with E-state index in [1.54, 1.807) is 7.11 Å². The summed E-state index contributed by atoms with van der Waals surface area (Å²) in [6.45, 7) is 2.60. The van der Waals surface area contributed by atoms with Crippen molar-refractivity contribution in [3.05, 3.63) is 24.3 Å². The molecule has 0 saturated heterocycles. The number of benzene rings is 1. The molecular weight excluding hydrogens is 216 g/mol. The summed E-state index contributed by atoms with van der Waals surface area (Å²) in [7, 11) is 1.63. The van der Waals surface area contributed by atoms with E-state index in [1.165, 1.54) is 0 Å². The van der Waals surface area contributed by atoms with Crippen molar-refractivity contribution >= 4 is 5.78 Å². The number of hydrogen-bond acceptors (Lipinski definition) is 3. The predicted molar refractivity (Wildman–Crippen MR) is 67.6 cm³/mol. The van der Waals surface area contributed by atoms with Gasteiger partial charge in [-0.15, -0.1) is 0 Å². The van der Waals surface area contributed by atoms with Gasteiger partial charge in [-0.3, -0.25) is 4.79 Å². The highest BCUT2D eigenvalue weighted by molar-refractivity contribution is 5.78. The molecule has 0 N–H and O–H groups in total. The Labute approximate surface area is 103 Å².